The number of aromatic nitrogens is 2. The Morgan fingerprint density at radius 3 is 2.96 bits per heavy atom. The standard InChI is InChI=1S/C18H14N2O3S/c1-2-3-11-8-16(21)23-15-9-12(4-5-13(11)15)22-17-14-6-7-24-18(14)20-10-19-17/h4-10H,2-3H2,1H3. The van der Waals surface area contributed by atoms with Crippen LogP contribution in [0.15, 0.2) is 51.3 Å². The van der Waals surface area contributed by atoms with E-state index in [-0.39, 0.29) is 5.63 Å². The van der Waals surface area contributed by atoms with Gasteiger partial charge in [-0.2, -0.15) is 0 Å². The van der Waals surface area contributed by atoms with Crippen LogP contribution in [0.4, 0.5) is 0 Å². The smallest absolute Gasteiger partial charge is 0.336 e. The maximum atomic E-state index is 11.8. The molecule has 3 heterocycles. The number of hydrogen-bond acceptors (Lipinski definition) is 6. The summed E-state index contributed by atoms with van der Waals surface area (Å²) in [5.74, 6) is 1.07. The van der Waals surface area contributed by atoms with Crippen molar-refractivity contribution in [3.8, 4) is 11.6 Å². The molecule has 24 heavy (non-hydrogen) atoms. The molecule has 4 aromatic rings. The van der Waals surface area contributed by atoms with Crippen LogP contribution < -0.4 is 10.4 Å². The fourth-order valence-corrected chi connectivity index (χ4v) is 3.43. The molecular weight excluding hydrogens is 324 g/mol. The molecule has 0 aliphatic rings. The van der Waals surface area contributed by atoms with Crippen LogP contribution in [0.1, 0.15) is 18.9 Å². The lowest BCUT2D eigenvalue weighted by Gasteiger charge is -2.08. The molecule has 0 unspecified atom stereocenters. The summed E-state index contributed by atoms with van der Waals surface area (Å²) in [7, 11) is 0. The molecule has 0 amide bonds. The zero-order chi connectivity index (χ0) is 16.5. The molecular formula is C18H14N2O3S. The van der Waals surface area contributed by atoms with Crippen molar-refractivity contribution in [2.45, 2.75) is 19.8 Å². The molecule has 1 aromatic carbocycles. The van der Waals surface area contributed by atoms with E-state index in [1.165, 1.54) is 17.7 Å². The van der Waals surface area contributed by atoms with E-state index >= 15 is 0 Å². The Morgan fingerprint density at radius 2 is 2.08 bits per heavy atom. The van der Waals surface area contributed by atoms with Crippen molar-refractivity contribution in [3.05, 3.63) is 58.0 Å². The maximum absolute atomic E-state index is 11.8. The Hall–Kier alpha value is -2.73. The van der Waals surface area contributed by atoms with Gasteiger partial charge in [-0.1, -0.05) is 13.3 Å². The van der Waals surface area contributed by atoms with Gasteiger partial charge >= 0.3 is 5.63 Å². The Bertz CT molecular complexity index is 1080. The average molecular weight is 338 g/mol. The zero-order valence-electron chi connectivity index (χ0n) is 13.0. The van der Waals surface area contributed by atoms with E-state index in [0.717, 1.165) is 34.0 Å². The molecule has 0 bridgehead atoms. The quantitative estimate of drug-likeness (QED) is 0.511. The molecule has 0 N–H and O–H groups in total. The van der Waals surface area contributed by atoms with Gasteiger partial charge in [-0.3, -0.25) is 0 Å². The summed E-state index contributed by atoms with van der Waals surface area (Å²) < 4.78 is 11.2. The van der Waals surface area contributed by atoms with Gasteiger partial charge in [-0.15, -0.1) is 11.3 Å². The number of ether oxygens (including phenoxy) is 1. The van der Waals surface area contributed by atoms with Crippen molar-refractivity contribution >= 4 is 32.5 Å². The van der Waals surface area contributed by atoms with E-state index in [1.54, 1.807) is 12.1 Å². The Kier molecular flexibility index (Phi) is 3.74. The van der Waals surface area contributed by atoms with E-state index in [1.807, 2.05) is 23.6 Å². The fraction of sp³-hybridized carbons (Fsp3) is 0.167. The van der Waals surface area contributed by atoms with Crippen LogP contribution in [0.5, 0.6) is 11.6 Å². The first-order chi connectivity index (χ1) is 11.7. The van der Waals surface area contributed by atoms with E-state index in [0.29, 0.717) is 17.2 Å². The Morgan fingerprint density at radius 1 is 1.17 bits per heavy atom. The highest BCUT2D eigenvalue weighted by Crippen LogP contribution is 2.31. The minimum absolute atomic E-state index is 0.342. The van der Waals surface area contributed by atoms with Gasteiger partial charge in [0.15, 0.2) is 0 Å². The summed E-state index contributed by atoms with van der Waals surface area (Å²) in [6.07, 6.45) is 3.28. The molecule has 3 aromatic heterocycles. The molecule has 0 saturated carbocycles. The summed E-state index contributed by atoms with van der Waals surface area (Å²) in [5, 5.41) is 3.75. The number of rotatable bonds is 4. The lowest BCUT2D eigenvalue weighted by Crippen LogP contribution is -2.00. The number of benzene rings is 1. The molecule has 0 saturated heterocycles. The molecule has 0 atom stereocenters. The van der Waals surface area contributed by atoms with Crippen molar-refractivity contribution in [1.29, 1.82) is 0 Å². The van der Waals surface area contributed by atoms with Crippen LogP contribution in [0.3, 0.4) is 0 Å². The first-order valence-corrected chi connectivity index (χ1v) is 8.55. The second-order valence-electron chi connectivity index (χ2n) is 5.42. The minimum atomic E-state index is -0.342. The number of thiophene rings is 1. The number of hydrogen-bond donors (Lipinski definition) is 0. The maximum Gasteiger partial charge on any atom is 0.336 e. The third-order valence-electron chi connectivity index (χ3n) is 3.76. The van der Waals surface area contributed by atoms with Gasteiger partial charge in [0, 0.05) is 17.5 Å². The zero-order valence-corrected chi connectivity index (χ0v) is 13.8. The van der Waals surface area contributed by atoms with Gasteiger partial charge in [-0.05, 0) is 35.6 Å². The third kappa shape index (κ3) is 2.65. The van der Waals surface area contributed by atoms with Crippen LogP contribution in [0, 0.1) is 0 Å². The molecule has 6 heteroatoms. The van der Waals surface area contributed by atoms with Crippen LogP contribution in [0.25, 0.3) is 21.2 Å². The van der Waals surface area contributed by atoms with E-state index in [2.05, 4.69) is 16.9 Å². The number of aryl methyl sites for hydroxylation is 1. The fourth-order valence-electron chi connectivity index (χ4n) is 2.71. The average Bonchev–Trinajstić information content (AvgIpc) is 3.04. The largest absolute Gasteiger partial charge is 0.438 e. The second kappa shape index (κ2) is 6.05. The summed E-state index contributed by atoms with van der Waals surface area (Å²) in [4.78, 5) is 21.0. The summed E-state index contributed by atoms with van der Waals surface area (Å²) in [6.45, 7) is 2.08. The van der Waals surface area contributed by atoms with Crippen LogP contribution in [0.2, 0.25) is 0 Å². The molecule has 0 aliphatic carbocycles. The molecule has 120 valence electrons. The molecule has 0 radical (unpaired) electrons. The van der Waals surface area contributed by atoms with Crippen molar-refractivity contribution in [1.82, 2.24) is 9.97 Å². The lowest BCUT2D eigenvalue weighted by molar-refractivity contribution is 0.466. The summed E-state index contributed by atoms with van der Waals surface area (Å²) in [5.41, 5.74) is 1.18. The number of fused-ring (bicyclic) bond motifs is 2. The van der Waals surface area contributed by atoms with Crippen LogP contribution in [-0.4, -0.2) is 9.97 Å². The van der Waals surface area contributed by atoms with Gasteiger partial charge in [0.2, 0.25) is 5.88 Å². The highest BCUT2D eigenvalue weighted by molar-refractivity contribution is 7.16. The predicted molar refractivity (Wildman–Crippen MR) is 94.0 cm³/mol. The van der Waals surface area contributed by atoms with E-state index in [4.69, 9.17) is 9.15 Å². The SMILES string of the molecule is CCCc1cc(=O)oc2cc(Oc3ncnc4sccc34)ccc12. The Labute approximate surface area is 141 Å². The molecule has 0 spiro atoms. The normalized spacial score (nSPS) is 11.2. The van der Waals surface area contributed by atoms with E-state index < -0.39 is 0 Å². The van der Waals surface area contributed by atoms with Gasteiger partial charge in [0.05, 0.1) is 5.39 Å². The summed E-state index contributed by atoms with van der Waals surface area (Å²) in [6, 6.07) is 9.00. The Balaban J connectivity index is 1.78. The second-order valence-corrected chi connectivity index (χ2v) is 6.31. The summed E-state index contributed by atoms with van der Waals surface area (Å²) >= 11 is 1.53. The van der Waals surface area contributed by atoms with Crippen molar-refractivity contribution in [2.75, 3.05) is 0 Å². The molecule has 5 nitrogen and oxygen atoms in total. The number of nitrogens with zero attached hydrogens (tertiary/aromatic N) is 2. The van der Waals surface area contributed by atoms with E-state index in [9.17, 15) is 4.79 Å². The topological polar surface area (TPSA) is 65.2 Å². The van der Waals surface area contributed by atoms with Gasteiger partial charge < -0.3 is 9.15 Å². The van der Waals surface area contributed by atoms with Crippen molar-refractivity contribution in [3.63, 3.8) is 0 Å². The third-order valence-corrected chi connectivity index (χ3v) is 4.58. The van der Waals surface area contributed by atoms with Gasteiger partial charge in [0.25, 0.3) is 0 Å². The first-order valence-electron chi connectivity index (χ1n) is 7.67. The molecule has 0 aliphatic heterocycles. The molecule has 4 rings (SSSR count). The lowest BCUT2D eigenvalue weighted by atomic mass is 10.1. The highest BCUT2D eigenvalue weighted by atomic mass is 32.1. The van der Waals surface area contributed by atoms with Crippen LogP contribution in [-0.2, 0) is 6.42 Å². The van der Waals surface area contributed by atoms with Gasteiger partial charge in [0.1, 0.15) is 22.5 Å². The first kappa shape index (κ1) is 14.8. The molecule has 0 fully saturated rings. The van der Waals surface area contributed by atoms with Crippen LogP contribution >= 0.6 is 11.3 Å². The predicted octanol–water partition coefficient (Wildman–Crippen LogP) is 4.54. The highest BCUT2D eigenvalue weighted by Gasteiger charge is 2.10. The monoisotopic (exact) mass is 338 g/mol. The van der Waals surface area contributed by atoms with Crippen molar-refractivity contribution < 1.29 is 9.15 Å². The van der Waals surface area contributed by atoms with Crippen molar-refractivity contribution in [2.24, 2.45) is 0 Å². The van der Waals surface area contributed by atoms with Gasteiger partial charge in [-0.25, -0.2) is 14.8 Å². The minimum Gasteiger partial charge on any atom is -0.438 e.